The van der Waals surface area contributed by atoms with E-state index < -0.39 is 0 Å². The Hall–Kier alpha value is -2.73. The summed E-state index contributed by atoms with van der Waals surface area (Å²) < 4.78 is 5.57. The van der Waals surface area contributed by atoms with Crippen molar-refractivity contribution < 1.29 is 14.3 Å². The van der Waals surface area contributed by atoms with Gasteiger partial charge in [-0.25, -0.2) is 0 Å². The highest BCUT2D eigenvalue weighted by Gasteiger charge is 2.14. The Balaban J connectivity index is 0.00000338. The Morgan fingerprint density at radius 1 is 1.12 bits per heavy atom. The van der Waals surface area contributed by atoms with Crippen LogP contribution in [0.2, 0.25) is 0 Å². The van der Waals surface area contributed by atoms with Crippen LogP contribution in [0.15, 0.2) is 42.5 Å². The number of nitrogens with zero attached hydrogens (tertiary/aromatic N) is 1. The molecule has 0 aliphatic rings. The third-order valence-electron chi connectivity index (χ3n) is 3.55. The maximum absolute atomic E-state index is 12.3. The summed E-state index contributed by atoms with van der Waals surface area (Å²) >= 11 is 0. The zero-order chi connectivity index (χ0) is 18.4. The molecular formula is C19H24ClN3O3. The van der Waals surface area contributed by atoms with Crippen LogP contribution in [0.1, 0.15) is 22.8 Å². The van der Waals surface area contributed by atoms with Gasteiger partial charge in [-0.15, -0.1) is 12.4 Å². The molecule has 0 radical (unpaired) electrons. The van der Waals surface area contributed by atoms with Gasteiger partial charge in [-0.2, -0.15) is 0 Å². The Kier molecular flexibility index (Phi) is 7.93. The van der Waals surface area contributed by atoms with Gasteiger partial charge >= 0.3 is 0 Å². The molecule has 0 saturated heterocycles. The van der Waals surface area contributed by atoms with Crippen LogP contribution in [0.25, 0.3) is 0 Å². The highest BCUT2D eigenvalue weighted by molar-refractivity contribution is 5.97. The van der Waals surface area contributed by atoms with Crippen molar-refractivity contribution in [1.82, 2.24) is 4.90 Å². The van der Waals surface area contributed by atoms with Crippen molar-refractivity contribution in [2.24, 2.45) is 0 Å². The number of nitrogen functional groups attached to an aromatic ring is 1. The van der Waals surface area contributed by atoms with Gasteiger partial charge in [0.05, 0.1) is 18.7 Å². The maximum atomic E-state index is 12.3. The molecule has 0 unspecified atom stereocenters. The van der Waals surface area contributed by atoms with Gasteiger partial charge in [0.1, 0.15) is 5.75 Å². The molecule has 0 aromatic heterocycles. The zero-order valence-electron chi connectivity index (χ0n) is 15.1. The van der Waals surface area contributed by atoms with Crippen LogP contribution in [-0.4, -0.2) is 37.4 Å². The summed E-state index contributed by atoms with van der Waals surface area (Å²) in [6.07, 6.45) is 0.226. The van der Waals surface area contributed by atoms with E-state index in [9.17, 15) is 9.59 Å². The zero-order valence-corrected chi connectivity index (χ0v) is 15.9. The molecule has 0 saturated carbocycles. The molecule has 0 fully saturated rings. The van der Waals surface area contributed by atoms with Crippen molar-refractivity contribution in [3.63, 3.8) is 0 Å². The topological polar surface area (TPSA) is 84.7 Å². The Labute approximate surface area is 159 Å². The minimum absolute atomic E-state index is 0. The quantitative estimate of drug-likeness (QED) is 0.758. The lowest BCUT2D eigenvalue weighted by atomic mass is 10.1. The van der Waals surface area contributed by atoms with Gasteiger partial charge < -0.3 is 20.7 Å². The molecule has 2 rings (SSSR count). The minimum atomic E-state index is -0.169. The second kappa shape index (κ2) is 9.68. The number of carbonyl (C=O) groups is 2. The molecule has 26 heavy (non-hydrogen) atoms. The lowest BCUT2D eigenvalue weighted by Gasteiger charge is -2.15. The number of carbonyl (C=O) groups excluding carboxylic acids is 2. The summed E-state index contributed by atoms with van der Waals surface area (Å²) in [5.41, 5.74) is 8.21. The molecule has 7 heteroatoms. The van der Waals surface area contributed by atoms with E-state index in [0.29, 0.717) is 29.3 Å². The molecule has 140 valence electrons. The number of hydrogen-bond donors (Lipinski definition) is 2. The van der Waals surface area contributed by atoms with E-state index in [1.54, 1.807) is 44.4 Å². The van der Waals surface area contributed by atoms with E-state index in [1.807, 2.05) is 19.1 Å². The van der Waals surface area contributed by atoms with Gasteiger partial charge in [-0.3, -0.25) is 9.59 Å². The fourth-order valence-corrected chi connectivity index (χ4v) is 2.31. The van der Waals surface area contributed by atoms with E-state index in [0.717, 1.165) is 5.56 Å². The monoisotopic (exact) mass is 377 g/mol. The van der Waals surface area contributed by atoms with Crippen molar-refractivity contribution in [3.05, 3.63) is 53.6 Å². The Morgan fingerprint density at radius 3 is 2.35 bits per heavy atom. The smallest absolute Gasteiger partial charge is 0.253 e. The number of rotatable bonds is 6. The lowest BCUT2D eigenvalue weighted by molar-refractivity contribution is -0.115. The largest absolute Gasteiger partial charge is 0.492 e. The highest BCUT2D eigenvalue weighted by Crippen LogP contribution is 2.26. The molecule has 0 aliphatic heterocycles. The van der Waals surface area contributed by atoms with Crippen molar-refractivity contribution >= 4 is 35.6 Å². The van der Waals surface area contributed by atoms with Gasteiger partial charge in [0, 0.05) is 25.3 Å². The van der Waals surface area contributed by atoms with Gasteiger partial charge in [0.15, 0.2) is 0 Å². The summed E-state index contributed by atoms with van der Waals surface area (Å²) in [6, 6.07) is 12.1. The number of nitrogens with one attached hydrogen (secondary N) is 1. The van der Waals surface area contributed by atoms with E-state index in [-0.39, 0.29) is 30.6 Å². The first kappa shape index (κ1) is 21.3. The standard InChI is InChI=1S/C19H23N3O3.ClH/c1-4-25-17-12-14(19(24)22(2)3)7-10-16(17)21-18(23)11-13-5-8-15(20)9-6-13;/h5-10,12H,4,11,20H2,1-3H3,(H,21,23);1H. The average Bonchev–Trinajstić information content (AvgIpc) is 2.58. The first-order valence-electron chi connectivity index (χ1n) is 8.03. The van der Waals surface area contributed by atoms with E-state index >= 15 is 0 Å². The van der Waals surface area contributed by atoms with Crippen LogP contribution in [0.4, 0.5) is 11.4 Å². The van der Waals surface area contributed by atoms with Gasteiger partial charge in [-0.05, 0) is 42.8 Å². The number of ether oxygens (including phenoxy) is 1. The number of amides is 2. The normalized spacial score (nSPS) is 9.81. The Bertz CT molecular complexity index is 761. The summed E-state index contributed by atoms with van der Waals surface area (Å²) in [6.45, 7) is 2.28. The average molecular weight is 378 g/mol. The maximum Gasteiger partial charge on any atom is 0.253 e. The third-order valence-corrected chi connectivity index (χ3v) is 3.55. The minimum Gasteiger partial charge on any atom is -0.492 e. The third kappa shape index (κ3) is 5.67. The molecule has 0 atom stereocenters. The van der Waals surface area contributed by atoms with Crippen molar-refractivity contribution in [3.8, 4) is 5.75 Å². The molecule has 6 nitrogen and oxygen atoms in total. The molecule has 0 spiro atoms. The van der Waals surface area contributed by atoms with Crippen LogP contribution in [0, 0.1) is 0 Å². The number of anilines is 2. The highest BCUT2D eigenvalue weighted by atomic mass is 35.5. The molecule has 0 aliphatic carbocycles. The molecular weight excluding hydrogens is 354 g/mol. The van der Waals surface area contributed by atoms with E-state index in [2.05, 4.69) is 5.32 Å². The molecule has 2 amide bonds. The van der Waals surface area contributed by atoms with Crippen molar-refractivity contribution in [1.29, 1.82) is 0 Å². The summed E-state index contributed by atoms with van der Waals surface area (Å²) in [5, 5.41) is 2.83. The van der Waals surface area contributed by atoms with Crippen LogP contribution in [0.5, 0.6) is 5.75 Å². The molecule has 3 N–H and O–H groups in total. The van der Waals surface area contributed by atoms with Crippen LogP contribution in [0.3, 0.4) is 0 Å². The molecule has 2 aromatic rings. The number of halogens is 1. The predicted octanol–water partition coefficient (Wildman–Crippen LogP) is 2.97. The molecule has 0 heterocycles. The summed E-state index contributed by atoms with van der Waals surface area (Å²) in [5.74, 6) is 0.180. The van der Waals surface area contributed by atoms with E-state index in [1.165, 1.54) is 4.90 Å². The summed E-state index contributed by atoms with van der Waals surface area (Å²) in [4.78, 5) is 25.8. The second-order valence-electron chi connectivity index (χ2n) is 5.81. The number of benzene rings is 2. The predicted molar refractivity (Wildman–Crippen MR) is 106 cm³/mol. The lowest BCUT2D eigenvalue weighted by Crippen LogP contribution is -2.22. The first-order chi connectivity index (χ1) is 11.9. The van der Waals surface area contributed by atoms with E-state index in [4.69, 9.17) is 10.5 Å². The summed E-state index contributed by atoms with van der Waals surface area (Å²) in [7, 11) is 3.37. The number of hydrogen-bond acceptors (Lipinski definition) is 4. The fourth-order valence-electron chi connectivity index (χ4n) is 2.31. The number of nitrogens with two attached hydrogens (primary N) is 1. The first-order valence-corrected chi connectivity index (χ1v) is 8.03. The van der Waals surface area contributed by atoms with Gasteiger partial charge in [0.25, 0.3) is 5.91 Å². The second-order valence-corrected chi connectivity index (χ2v) is 5.81. The fraction of sp³-hybridized carbons (Fsp3) is 0.263. The SMILES string of the molecule is CCOc1cc(C(=O)N(C)C)ccc1NC(=O)Cc1ccc(N)cc1.Cl. The molecule has 0 bridgehead atoms. The van der Waals surface area contributed by atoms with Crippen LogP contribution < -0.4 is 15.8 Å². The van der Waals surface area contributed by atoms with Crippen LogP contribution in [-0.2, 0) is 11.2 Å². The van der Waals surface area contributed by atoms with Crippen LogP contribution >= 0.6 is 12.4 Å². The van der Waals surface area contributed by atoms with Gasteiger partial charge in [0.2, 0.25) is 5.91 Å². The molecule has 2 aromatic carbocycles. The van der Waals surface area contributed by atoms with Crippen molar-refractivity contribution in [2.45, 2.75) is 13.3 Å². The van der Waals surface area contributed by atoms with Gasteiger partial charge in [-0.1, -0.05) is 12.1 Å². The Morgan fingerprint density at radius 2 is 1.77 bits per heavy atom. The van der Waals surface area contributed by atoms with Crippen molar-refractivity contribution in [2.75, 3.05) is 31.8 Å².